The van der Waals surface area contributed by atoms with Crippen LogP contribution in [-0.4, -0.2) is 54.5 Å². The van der Waals surface area contributed by atoms with Crippen molar-refractivity contribution in [2.75, 3.05) is 25.6 Å². The molecule has 4 rings (SSSR count). The van der Waals surface area contributed by atoms with Crippen LogP contribution in [0.4, 0.5) is 23.2 Å². The summed E-state index contributed by atoms with van der Waals surface area (Å²) in [6, 6.07) is 3.08. The van der Waals surface area contributed by atoms with Crippen LogP contribution >= 0.6 is 0 Å². The standard InChI is InChI=1S/C19H17F4N5O4/c1-30-14-6-25-13(5-26-14)16(29)27-9-2-3-12(20)10(4-9)18-8-32-15(19(21,22)23)11(18)7-31-17(24)28-18/h2-6,11,15H,7-8H2,1H3,(H2,24,28)(H,27,29)/t11-,15+,18-/m1/s1. The van der Waals surface area contributed by atoms with E-state index in [0.717, 1.165) is 6.07 Å². The van der Waals surface area contributed by atoms with Gasteiger partial charge in [0.25, 0.3) is 11.9 Å². The molecule has 3 atom stereocenters. The Hall–Kier alpha value is -3.48. The molecule has 0 unspecified atom stereocenters. The highest BCUT2D eigenvalue weighted by molar-refractivity contribution is 6.02. The fourth-order valence-corrected chi connectivity index (χ4v) is 3.76. The summed E-state index contributed by atoms with van der Waals surface area (Å²) in [4.78, 5) is 24.3. The van der Waals surface area contributed by atoms with E-state index in [1.807, 2.05) is 0 Å². The van der Waals surface area contributed by atoms with Gasteiger partial charge in [-0.1, -0.05) is 0 Å². The van der Waals surface area contributed by atoms with Crippen LogP contribution in [0.15, 0.2) is 35.6 Å². The minimum atomic E-state index is -4.72. The predicted octanol–water partition coefficient (Wildman–Crippen LogP) is 1.99. The number of ether oxygens (including phenoxy) is 3. The first kappa shape index (κ1) is 21.7. The summed E-state index contributed by atoms with van der Waals surface area (Å²) < 4.78 is 70.1. The summed E-state index contributed by atoms with van der Waals surface area (Å²) in [5, 5.41) is 2.51. The number of carbonyl (C=O) groups excluding carboxylic acids is 1. The molecule has 13 heteroatoms. The van der Waals surface area contributed by atoms with Crippen LogP contribution in [0.3, 0.4) is 0 Å². The molecule has 2 aliphatic heterocycles. The third-order valence-corrected chi connectivity index (χ3v) is 5.27. The number of benzene rings is 1. The van der Waals surface area contributed by atoms with Crippen LogP contribution in [0.25, 0.3) is 0 Å². The zero-order valence-corrected chi connectivity index (χ0v) is 16.5. The van der Waals surface area contributed by atoms with Crippen LogP contribution in [-0.2, 0) is 15.0 Å². The Morgan fingerprint density at radius 3 is 2.75 bits per heavy atom. The van der Waals surface area contributed by atoms with E-state index in [-0.39, 0.29) is 28.8 Å². The highest BCUT2D eigenvalue weighted by atomic mass is 19.4. The lowest BCUT2D eigenvalue weighted by atomic mass is 9.77. The number of amidine groups is 1. The van der Waals surface area contributed by atoms with Crippen LogP contribution in [0, 0.1) is 11.7 Å². The fourth-order valence-electron chi connectivity index (χ4n) is 3.76. The summed E-state index contributed by atoms with van der Waals surface area (Å²) in [7, 11) is 1.39. The number of rotatable bonds is 4. The van der Waals surface area contributed by atoms with Crippen molar-refractivity contribution < 1.29 is 36.6 Å². The molecule has 32 heavy (non-hydrogen) atoms. The lowest BCUT2D eigenvalue weighted by Gasteiger charge is -2.36. The highest BCUT2D eigenvalue weighted by Gasteiger charge is 2.62. The number of carbonyl (C=O) groups is 1. The Bertz CT molecular complexity index is 1060. The number of fused-ring (bicyclic) bond motifs is 1. The number of nitrogens with one attached hydrogen (secondary N) is 1. The maximum atomic E-state index is 14.8. The van der Waals surface area contributed by atoms with E-state index in [1.54, 1.807) is 0 Å². The molecule has 1 fully saturated rings. The van der Waals surface area contributed by atoms with Gasteiger partial charge in [-0.2, -0.15) is 13.2 Å². The second kappa shape index (κ2) is 7.89. The molecular weight excluding hydrogens is 438 g/mol. The molecule has 3 N–H and O–H groups in total. The summed E-state index contributed by atoms with van der Waals surface area (Å²) in [6.07, 6.45) is -4.52. The van der Waals surface area contributed by atoms with E-state index in [0.29, 0.717) is 0 Å². The number of amides is 1. The number of halogens is 4. The van der Waals surface area contributed by atoms with E-state index in [2.05, 4.69) is 20.3 Å². The zero-order valence-electron chi connectivity index (χ0n) is 16.5. The second-order valence-corrected chi connectivity index (χ2v) is 7.16. The molecule has 1 amide bonds. The van der Waals surface area contributed by atoms with E-state index < -0.39 is 48.7 Å². The Morgan fingerprint density at radius 2 is 2.09 bits per heavy atom. The number of hydrogen-bond donors (Lipinski definition) is 2. The number of alkyl halides is 3. The van der Waals surface area contributed by atoms with Crippen molar-refractivity contribution in [1.29, 1.82) is 0 Å². The van der Waals surface area contributed by atoms with Crippen molar-refractivity contribution in [1.82, 2.24) is 9.97 Å². The maximum Gasteiger partial charge on any atom is 0.415 e. The van der Waals surface area contributed by atoms with Gasteiger partial charge in [0, 0.05) is 11.3 Å². The number of aromatic nitrogens is 2. The molecule has 0 spiro atoms. The number of nitrogens with zero attached hydrogens (tertiary/aromatic N) is 3. The lowest BCUT2D eigenvalue weighted by molar-refractivity contribution is -0.219. The topological polar surface area (TPSA) is 121 Å². The van der Waals surface area contributed by atoms with E-state index >= 15 is 0 Å². The van der Waals surface area contributed by atoms with E-state index in [9.17, 15) is 22.4 Å². The molecule has 0 aliphatic carbocycles. The van der Waals surface area contributed by atoms with Crippen LogP contribution < -0.4 is 15.8 Å². The Kier molecular flexibility index (Phi) is 5.36. The van der Waals surface area contributed by atoms with Crippen LogP contribution in [0.5, 0.6) is 5.88 Å². The minimum Gasteiger partial charge on any atom is -0.480 e. The van der Waals surface area contributed by atoms with Gasteiger partial charge in [-0.25, -0.2) is 19.4 Å². The van der Waals surface area contributed by atoms with Crippen LogP contribution in [0.1, 0.15) is 16.1 Å². The first-order valence-electron chi connectivity index (χ1n) is 9.28. The second-order valence-electron chi connectivity index (χ2n) is 7.16. The third-order valence-electron chi connectivity index (χ3n) is 5.27. The van der Waals surface area contributed by atoms with Gasteiger partial charge in [-0.3, -0.25) is 4.79 Å². The molecule has 9 nitrogen and oxygen atoms in total. The Labute approximate surface area is 178 Å². The number of methoxy groups -OCH3 is 1. The van der Waals surface area contributed by atoms with Gasteiger partial charge in [-0.15, -0.1) is 0 Å². The first-order valence-corrected chi connectivity index (χ1v) is 9.28. The van der Waals surface area contributed by atoms with Gasteiger partial charge in [0.05, 0.1) is 38.6 Å². The number of hydrogen-bond acceptors (Lipinski definition) is 8. The van der Waals surface area contributed by atoms with Gasteiger partial charge in [0.15, 0.2) is 6.10 Å². The maximum absolute atomic E-state index is 14.8. The summed E-state index contributed by atoms with van der Waals surface area (Å²) in [6.45, 7) is -1.03. The summed E-state index contributed by atoms with van der Waals surface area (Å²) in [5.74, 6) is -2.67. The molecule has 1 aromatic carbocycles. The van der Waals surface area contributed by atoms with Gasteiger partial charge in [0.1, 0.15) is 17.1 Å². The minimum absolute atomic E-state index is 0.0534. The molecule has 1 saturated heterocycles. The van der Waals surface area contributed by atoms with Gasteiger partial charge in [0.2, 0.25) is 5.88 Å². The molecule has 0 saturated carbocycles. The summed E-state index contributed by atoms with van der Waals surface area (Å²) in [5.41, 5.74) is 3.68. The molecule has 2 aliphatic rings. The smallest absolute Gasteiger partial charge is 0.415 e. The number of aliphatic imine (C=N–C) groups is 1. The molecule has 0 radical (unpaired) electrons. The SMILES string of the molecule is COc1cnc(C(=O)Nc2ccc(F)c([C@]34CO[C@H](C(F)(F)F)[C@H]3COC(N)=N4)c2)cn1. The molecule has 1 aromatic heterocycles. The highest BCUT2D eigenvalue weighted by Crippen LogP contribution is 2.50. The van der Waals surface area contributed by atoms with Crippen molar-refractivity contribution in [2.24, 2.45) is 16.6 Å². The molecule has 3 heterocycles. The quantitative estimate of drug-likeness (QED) is 0.677. The van der Waals surface area contributed by atoms with Crippen molar-refractivity contribution in [3.05, 3.63) is 47.7 Å². The van der Waals surface area contributed by atoms with Gasteiger partial charge >= 0.3 is 6.18 Å². The van der Waals surface area contributed by atoms with Crippen molar-refractivity contribution >= 4 is 17.6 Å². The Morgan fingerprint density at radius 1 is 1.31 bits per heavy atom. The average Bonchev–Trinajstić information content (AvgIpc) is 3.15. The molecular formula is C19H17F4N5O4. The largest absolute Gasteiger partial charge is 0.480 e. The fraction of sp³-hybridized carbons (Fsp3) is 0.368. The monoisotopic (exact) mass is 455 g/mol. The van der Waals surface area contributed by atoms with E-state index in [4.69, 9.17) is 19.9 Å². The van der Waals surface area contributed by atoms with E-state index in [1.165, 1.54) is 31.6 Å². The van der Waals surface area contributed by atoms with Crippen LogP contribution in [0.2, 0.25) is 0 Å². The van der Waals surface area contributed by atoms with Crippen molar-refractivity contribution in [3.63, 3.8) is 0 Å². The lowest BCUT2D eigenvalue weighted by Crippen LogP contribution is -2.48. The summed E-state index contributed by atoms with van der Waals surface area (Å²) >= 11 is 0. The number of anilines is 1. The first-order chi connectivity index (χ1) is 15.1. The third kappa shape index (κ3) is 3.79. The van der Waals surface area contributed by atoms with Gasteiger partial charge < -0.3 is 25.3 Å². The normalized spacial score (nSPS) is 24.8. The zero-order chi connectivity index (χ0) is 23.1. The van der Waals surface area contributed by atoms with Gasteiger partial charge in [-0.05, 0) is 18.2 Å². The van der Waals surface area contributed by atoms with Crippen molar-refractivity contribution in [3.8, 4) is 5.88 Å². The molecule has 2 aromatic rings. The average molecular weight is 455 g/mol. The molecule has 170 valence electrons. The predicted molar refractivity (Wildman–Crippen MR) is 101 cm³/mol. The molecule has 0 bridgehead atoms. The number of nitrogens with two attached hydrogens (primary N) is 1. The Balaban J connectivity index is 1.68. The van der Waals surface area contributed by atoms with Crippen molar-refractivity contribution in [2.45, 2.75) is 17.8 Å².